The van der Waals surface area contributed by atoms with Gasteiger partial charge < -0.3 is 14.8 Å². The first-order valence-electron chi connectivity index (χ1n) is 10.4. The van der Waals surface area contributed by atoms with E-state index in [1.807, 2.05) is 49.4 Å². The van der Waals surface area contributed by atoms with Gasteiger partial charge in [-0.05, 0) is 49.6 Å². The van der Waals surface area contributed by atoms with E-state index in [0.717, 1.165) is 24.3 Å². The monoisotopic (exact) mass is 405 g/mol. The van der Waals surface area contributed by atoms with Crippen LogP contribution in [-0.4, -0.2) is 42.1 Å². The van der Waals surface area contributed by atoms with Crippen molar-refractivity contribution in [2.45, 2.75) is 25.2 Å². The predicted molar refractivity (Wildman–Crippen MR) is 115 cm³/mol. The van der Waals surface area contributed by atoms with E-state index in [-0.39, 0.29) is 11.3 Å². The summed E-state index contributed by atoms with van der Waals surface area (Å²) in [4.78, 5) is 12.8. The van der Waals surface area contributed by atoms with Crippen molar-refractivity contribution in [1.82, 2.24) is 15.1 Å². The Bertz CT molecular complexity index is 961. The van der Waals surface area contributed by atoms with Gasteiger partial charge in [-0.25, -0.2) is 4.68 Å². The second-order valence-electron chi connectivity index (χ2n) is 7.54. The zero-order valence-electron chi connectivity index (χ0n) is 17.2. The third-order valence-corrected chi connectivity index (χ3v) is 5.68. The summed E-state index contributed by atoms with van der Waals surface area (Å²) in [6.07, 6.45) is 5.10. The fourth-order valence-corrected chi connectivity index (χ4v) is 3.91. The highest BCUT2D eigenvalue weighted by atomic mass is 16.5. The van der Waals surface area contributed by atoms with Crippen molar-refractivity contribution in [3.63, 3.8) is 0 Å². The van der Waals surface area contributed by atoms with Crippen LogP contribution >= 0.6 is 0 Å². The first-order valence-corrected chi connectivity index (χ1v) is 10.4. The van der Waals surface area contributed by atoms with Gasteiger partial charge in [0.05, 0.1) is 24.1 Å². The topological polar surface area (TPSA) is 65.4 Å². The molecule has 30 heavy (non-hydrogen) atoms. The molecule has 1 N–H and O–H groups in total. The summed E-state index contributed by atoms with van der Waals surface area (Å²) < 4.78 is 12.9. The maximum atomic E-state index is 12.8. The smallest absolute Gasteiger partial charge is 0.254 e. The van der Waals surface area contributed by atoms with Crippen LogP contribution in [0.3, 0.4) is 0 Å². The molecule has 3 aromatic rings. The van der Waals surface area contributed by atoms with Crippen LogP contribution in [0, 0.1) is 0 Å². The fraction of sp³-hybridized carbons (Fsp3) is 0.333. The Labute approximate surface area is 176 Å². The van der Waals surface area contributed by atoms with Gasteiger partial charge in [0, 0.05) is 31.4 Å². The Morgan fingerprint density at radius 2 is 1.87 bits per heavy atom. The predicted octanol–water partition coefficient (Wildman–Crippen LogP) is 3.75. The number of nitrogens with one attached hydrogen (secondary N) is 1. The van der Waals surface area contributed by atoms with Crippen LogP contribution in [0.2, 0.25) is 0 Å². The third-order valence-electron chi connectivity index (χ3n) is 5.68. The lowest BCUT2D eigenvalue weighted by Gasteiger charge is -2.38. The van der Waals surface area contributed by atoms with Gasteiger partial charge in [-0.3, -0.25) is 4.79 Å². The van der Waals surface area contributed by atoms with E-state index in [4.69, 9.17) is 9.47 Å². The van der Waals surface area contributed by atoms with Crippen LogP contribution in [0.1, 0.15) is 35.7 Å². The number of nitrogens with zero attached hydrogens (tertiary/aromatic N) is 2. The molecule has 1 amide bonds. The molecule has 2 heterocycles. The number of carbonyl (C=O) groups excluding carboxylic acids is 1. The molecule has 0 radical (unpaired) electrons. The van der Waals surface area contributed by atoms with E-state index < -0.39 is 0 Å². The molecule has 0 aliphatic carbocycles. The highest BCUT2D eigenvalue weighted by Gasteiger charge is 2.35. The van der Waals surface area contributed by atoms with Gasteiger partial charge in [0.2, 0.25) is 0 Å². The number of hydrogen-bond acceptors (Lipinski definition) is 4. The van der Waals surface area contributed by atoms with Gasteiger partial charge in [0.15, 0.2) is 0 Å². The van der Waals surface area contributed by atoms with Crippen molar-refractivity contribution >= 4 is 5.91 Å². The number of hydrogen-bond donors (Lipinski definition) is 1. The maximum absolute atomic E-state index is 12.8. The maximum Gasteiger partial charge on any atom is 0.254 e. The zero-order valence-corrected chi connectivity index (χ0v) is 17.2. The minimum absolute atomic E-state index is 0.117. The Hall–Kier alpha value is -3.12. The van der Waals surface area contributed by atoms with Gasteiger partial charge in [0.1, 0.15) is 5.75 Å². The molecular formula is C24H27N3O3. The fourth-order valence-electron chi connectivity index (χ4n) is 3.91. The lowest BCUT2D eigenvalue weighted by Crippen LogP contribution is -2.44. The number of rotatable bonds is 7. The van der Waals surface area contributed by atoms with Crippen molar-refractivity contribution in [2.75, 3.05) is 26.4 Å². The Morgan fingerprint density at radius 3 is 2.57 bits per heavy atom. The second kappa shape index (κ2) is 9.13. The Balaban J connectivity index is 1.48. The summed E-state index contributed by atoms with van der Waals surface area (Å²) in [7, 11) is 0. The number of para-hydroxylation sites is 1. The summed E-state index contributed by atoms with van der Waals surface area (Å²) in [6, 6.07) is 18.0. The highest BCUT2D eigenvalue weighted by Crippen LogP contribution is 2.35. The third kappa shape index (κ3) is 4.39. The SMILES string of the molecule is CCOc1ccc(C2(CNC(=O)c3cnn(-c4ccccc4)c3)CCOCC2)cc1. The van der Waals surface area contributed by atoms with Crippen molar-refractivity contribution in [1.29, 1.82) is 0 Å². The summed E-state index contributed by atoms with van der Waals surface area (Å²) in [5, 5.41) is 7.46. The summed E-state index contributed by atoms with van der Waals surface area (Å²) >= 11 is 0. The molecule has 156 valence electrons. The Kier molecular flexibility index (Phi) is 6.14. The molecule has 2 aromatic carbocycles. The standard InChI is InChI=1S/C24H27N3O3/c1-2-30-22-10-8-20(9-11-22)24(12-14-29-15-13-24)18-25-23(28)19-16-26-27(17-19)21-6-4-3-5-7-21/h3-11,16-17H,2,12-15,18H2,1H3,(H,25,28). The van der Waals surface area contributed by atoms with Crippen LogP contribution in [0.5, 0.6) is 5.75 Å². The Morgan fingerprint density at radius 1 is 1.13 bits per heavy atom. The van der Waals surface area contributed by atoms with Gasteiger partial charge in [-0.1, -0.05) is 30.3 Å². The van der Waals surface area contributed by atoms with E-state index in [2.05, 4.69) is 22.5 Å². The molecule has 0 spiro atoms. The van der Waals surface area contributed by atoms with Crippen molar-refractivity contribution < 1.29 is 14.3 Å². The first kappa shape index (κ1) is 20.2. The average Bonchev–Trinajstić information content (AvgIpc) is 3.30. The number of carbonyl (C=O) groups is 1. The van der Waals surface area contributed by atoms with Crippen molar-refractivity contribution in [2.24, 2.45) is 0 Å². The molecule has 4 rings (SSSR count). The minimum Gasteiger partial charge on any atom is -0.494 e. The molecule has 1 aromatic heterocycles. The molecule has 6 nitrogen and oxygen atoms in total. The summed E-state index contributed by atoms with van der Waals surface area (Å²) in [5.41, 5.74) is 2.53. The van der Waals surface area contributed by atoms with Crippen LogP contribution < -0.4 is 10.1 Å². The van der Waals surface area contributed by atoms with Crippen LogP contribution in [0.25, 0.3) is 5.69 Å². The van der Waals surface area contributed by atoms with Crippen molar-refractivity contribution in [3.8, 4) is 11.4 Å². The first-order chi connectivity index (χ1) is 14.7. The number of benzene rings is 2. The van der Waals surface area contributed by atoms with E-state index in [1.54, 1.807) is 17.1 Å². The number of aromatic nitrogens is 2. The molecule has 0 bridgehead atoms. The van der Waals surface area contributed by atoms with Crippen LogP contribution in [0.4, 0.5) is 0 Å². The van der Waals surface area contributed by atoms with Gasteiger partial charge in [-0.15, -0.1) is 0 Å². The molecule has 0 unspecified atom stereocenters. The molecule has 6 heteroatoms. The molecule has 1 aliphatic heterocycles. The number of amides is 1. The summed E-state index contributed by atoms with van der Waals surface area (Å²) in [5.74, 6) is 0.745. The quantitative estimate of drug-likeness (QED) is 0.650. The highest BCUT2D eigenvalue weighted by molar-refractivity contribution is 5.93. The molecule has 1 fully saturated rings. The van der Waals surface area contributed by atoms with Crippen LogP contribution in [-0.2, 0) is 10.2 Å². The summed E-state index contributed by atoms with van der Waals surface area (Å²) in [6.45, 7) is 4.55. The minimum atomic E-state index is -0.145. The van der Waals surface area contributed by atoms with E-state index in [0.29, 0.717) is 31.9 Å². The largest absolute Gasteiger partial charge is 0.494 e. The molecule has 1 aliphatic rings. The second-order valence-corrected chi connectivity index (χ2v) is 7.54. The zero-order chi connectivity index (χ0) is 20.8. The lowest BCUT2D eigenvalue weighted by atomic mass is 9.74. The molecule has 1 saturated heterocycles. The van der Waals surface area contributed by atoms with Gasteiger partial charge in [0.25, 0.3) is 5.91 Å². The molecular weight excluding hydrogens is 378 g/mol. The molecule has 0 saturated carbocycles. The van der Waals surface area contributed by atoms with Crippen molar-refractivity contribution in [3.05, 3.63) is 78.1 Å². The number of ether oxygens (including phenoxy) is 2. The van der Waals surface area contributed by atoms with Gasteiger partial charge >= 0.3 is 0 Å². The van der Waals surface area contributed by atoms with E-state index in [9.17, 15) is 4.79 Å². The lowest BCUT2D eigenvalue weighted by molar-refractivity contribution is 0.0487. The van der Waals surface area contributed by atoms with E-state index >= 15 is 0 Å². The van der Waals surface area contributed by atoms with E-state index in [1.165, 1.54) is 5.56 Å². The average molecular weight is 405 g/mol. The van der Waals surface area contributed by atoms with Gasteiger partial charge in [-0.2, -0.15) is 5.10 Å². The normalized spacial score (nSPS) is 15.5. The molecule has 0 atom stereocenters. The van der Waals surface area contributed by atoms with Crippen LogP contribution in [0.15, 0.2) is 67.0 Å².